The van der Waals surface area contributed by atoms with Gasteiger partial charge in [-0.15, -0.1) is 47.0 Å². The van der Waals surface area contributed by atoms with Crippen LogP contribution in [0.5, 0.6) is 0 Å². The number of nitrogens with two attached hydrogens (primary N) is 2. The molecule has 0 saturated carbocycles. The smallest absolute Gasteiger partial charge is 0.0717 e. The maximum Gasteiger partial charge on any atom is 0.0717 e. The van der Waals surface area contributed by atoms with Crippen molar-refractivity contribution in [2.75, 3.05) is 36.1 Å². The van der Waals surface area contributed by atoms with Crippen molar-refractivity contribution in [1.82, 2.24) is 0 Å². The first-order chi connectivity index (χ1) is 10.8. The van der Waals surface area contributed by atoms with Crippen LogP contribution in [0, 0.1) is 0 Å². The molecular formula is C12H16N2S8. The average Bonchev–Trinajstić information content (AvgIpc) is 3.14. The van der Waals surface area contributed by atoms with E-state index >= 15 is 0 Å². The highest BCUT2D eigenvalue weighted by atomic mass is 32.3. The minimum atomic E-state index is 0.729. The van der Waals surface area contributed by atoms with Gasteiger partial charge in [0.15, 0.2) is 0 Å². The molecule has 0 saturated heterocycles. The summed E-state index contributed by atoms with van der Waals surface area (Å²) in [5.41, 5.74) is 11.3. The summed E-state index contributed by atoms with van der Waals surface area (Å²) in [7, 11) is 0. The highest BCUT2D eigenvalue weighted by molar-refractivity contribution is 8.45. The highest BCUT2D eigenvalue weighted by Crippen LogP contribution is 2.66. The van der Waals surface area contributed by atoms with Crippen LogP contribution in [0.4, 0.5) is 0 Å². The van der Waals surface area contributed by atoms with Crippen molar-refractivity contribution in [3.8, 4) is 0 Å². The fraction of sp³-hybridized carbons (Fsp3) is 0.500. The van der Waals surface area contributed by atoms with Crippen LogP contribution in [0.15, 0.2) is 25.4 Å². The van der Waals surface area contributed by atoms with Crippen LogP contribution in [0.25, 0.3) is 0 Å². The molecule has 22 heavy (non-hydrogen) atoms. The van der Waals surface area contributed by atoms with Gasteiger partial charge in [-0.2, -0.15) is 0 Å². The molecule has 0 fully saturated rings. The van der Waals surface area contributed by atoms with Crippen molar-refractivity contribution in [2.45, 2.75) is 0 Å². The van der Waals surface area contributed by atoms with Crippen molar-refractivity contribution in [3.63, 3.8) is 0 Å². The number of hydrogen-bond donors (Lipinski definition) is 2. The minimum Gasteiger partial charge on any atom is -0.330 e. The molecule has 0 aromatic rings. The summed E-state index contributed by atoms with van der Waals surface area (Å²) in [6.07, 6.45) is 0. The van der Waals surface area contributed by atoms with Crippen LogP contribution in [0.1, 0.15) is 0 Å². The van der Waals surface area contributed by atoms with Crippen LogP contribution in [0.2, 0.25) is 0 Å². The Balaban J connectivity index is 1.69. The SMILES string of the molecule is NCCSC1=C(SCCN)SC(=C2SC3=C(SCCS3)S2)S1. The molecule has 0 amide bonds. The van der Waals surface area contributed by atoms with Gasteiger partial charge in [0.25, 0.3) is 0 Å². The normalized spacial score (nSPS) is 22.1. The first-order valence-corrected chi connectivity index (χ1v) is 13.9. The van der Waals surface area contributed by atoms with Gasteiger partial charge in [-0.05, 0) is 0 Å². The van der Waals surface area contributed by atoms with Gasteiger partial charge < -0.3 is 11.5 Å². The van der Waals surface area contributed by atoms with E-state index in [9.17, 15) is 0 Å². The maximum atomic E-state index is 5.67. The Morgan fingerprint density at radius 3 is 1.59 bits per heavy atom. The van der Waals surface area contributed by atoms with Crippen LogP contribution < -0.4 is 11.5 Å². The van der Waals surface area contributed by atoms with E-state index in [1.165, 1.54) is 36.9 Å². The summed E-state index contributed by atoms with van der Waals surface area (Å²) >= 11 is 15.6. The van der Waals surface area contributed by atoms with Crippen molar-refractivity contribution in [1.29, 1.82) is 0 Å². The second-order valence-electron chi connectivity index (χ2n) is 4.10. The molecule has 122 valence electrons. The highest BCUT2D eigenvalue weighted by Gasteiger charge is 2.31. The van der Waals surface area contributed by atoms with Crippen LogP contribution in [0.3, 0.4) is 0 Å². The van der Waals surface area contributed by atoms with E-state index < -0.39 is 0 Å². The second kappa shape index (κ2) is 9.59. The molecule has 0 unspecified atom stereocenters. The summed E-state index contributed by atoms with van der Waals surface area (Å²) in [6, 6.07) is 0. The first-order valence-electron chi connectivity index (χ1n) is 6.67. The molecule has 0 spiro atoms. The molecule has 4 N–H and O–H groups in total. The Morgan fingerprint density at radius 2 is 1.14 bits per heavy atom. The van der Waals surface area contributed by atoms with E-state index in [0.717, 1.165) is 24.6 Å². The van der Waals surface area contributed by atoms with Gasteiger partial charge in [0.05, 0.1) is 25.4 Å². The van der Waals surface area contributed by atoms with Gasteiger partial charge in [-0.1, -0.05) is 47.0 Å². The molecule has 3 heterocycles. The van der Waals surface area contributed by atoms with Gasteiger partial charge >= 0.3 is 0 Å². The number of thioether (sulfide) groups is 8. The zero-order chi connectivity index (χ0) is 15.4. The molecule has 0 aliphatic carbocycles. The van der Waals surface area contributed by atoms with Gasteiger partial charge in [-0.25, -0.2) is 0 Å². The zero-order valence-electron chi connectivity index (χ0n) is 11.7. The molecule has 0 bridgehead atoms. The average molecular weight is 445 g/mol. The molecule has 3 rings (SSSR count). The van der Waals surface area contributed by atoms with Crippen molar-refractivity contribution in [2.24, 2.45) is 11.5 Å². The van der Waals surface area contributed by atoms with Crippen LogP contribution in [-0.4, -0.2) is 36.1 Å². The lowest BCUT2D eigenvalue weighted by molar-refractivity contribution is 1.15. The summed E-state index contributed by atoms with van der Waals surface area (Å²) in [6.45, 7) is 1.46. The Hall–Kier alpha value is 1.94. The van der Waals surface area contributed by atoms with E-state index in [4.69, 9.17) is 11.5 Å². The number of hydrogen-bond acceptors (Lipinski definition) is 10. The van der Waals surface area contributed by atoms with Crippen LogP contribution in [-0.2, 0) is 0 Å². The lowest BCUT2D eigenvalue weighted by atomic mass is 10.8. The molecule has 0 aromatic carbocycles. The third-order valence-corrected chi connectivity index (χ3v) is 14.4. The number of rotatable bonds is 6. The zero-order valence-corrected chi connectivity index (χ0v) is 18.2. The van der Waals surface area contributed by atoms with Crippen molar-refractivity contribution < 1.29 is 0 Å². The summed E-state index contributed by atoms with van der Waals surface area (Å²) in [5.74, 6) is 4.46. The second-order valence-corrected chi connectivity index (χ2v) is 14.2. The molecule has 3 aliphatic heterocycles. The fourth-order valence-electron chi connectivity index (χ4n) is 1.64. The maximum absolute atomic E-state index is 5.67. The lowest BCUT2D eigenvalue weighted by Gasteiger charge is -2.08. The van der Waals surface area contributed by atoms with Gasteiger partial charge in [0, 0.05) is 36.1 Å². The van der Waals surface area contributed by atoms with Crippen molar-refractivity contribution in [3.05, 3.63) is 25.4 Å². The van der Waals surface area contributed by atoms with Crippen LogP contribution >= 0.6 is 94.1 Å². The molecule has 10 heteroatoms. The topological polar surface area (TPSA) is 52.0 Å². The largest absolute Gasteiger partial charge is 0.330 e. The standard InChI is InChI=1S/C12H16N2S8/c13-1-3-15-7-8(16-4-2-14)20-11(19-7)12-21-9-10(22-12)18-6-5-17-9/h1-6,13-14H2. The third-order valence-electron chi connectivity index (χ3n) is 2.49. The third kappa shape index (κ3) is 4.76. The van der Waals surface area contributed by atoms with E-state index in [-0.39, 0.29) is 0 Å². The molecule has 0 aromatic heterocycles. The Bertz CT molecular complexity index is 485. The summed E-state index contributed by atoms with van der Waals surface area (Å²) in [5, 5.41) is 0. The predicted molar refractivity (Wildman–Crippen MR) is 119 cm³/mol. The Kier molecular flexibility index (Phi) is 8.16. The monoisotopic (exact) mass is 444 g/mol. The molecular weight excluding hydrogens is 429 g/mol. The van der Waals surface area contributed by atoms with E-state index in [1.807, 2.05) is 94.1 Å². The minimum absolute atomic E-state index is 0.729. The molecule has 0 atom stereocenters. The summed E-state index contributed by atoms with van der Waals surface area (Å²) in [4.78, 5) is 0. The Morgan fingerprint density at radius 1 is 0.682 bits per heavy atom. The predicted octanol–water partition coefficient (Wildman–Crippen LogP) is 5.19. The van der Waals surface area contributed by atoms with Crippen molar-refractivity contribution >= 4 is 94.1 Å². The van der Waals surface area contributed by atoms with E-state index in [1.54, 1.807) is 0 Å². The fourth-order valence-corrected chi connectivity index (χ4v) is 13.4. The lowest BCUT2D eigenvalue weighted by Crippen LogP contribution is -2.01. The summed E-state index contributed by atoms with van der Waals surface area (Å²) < 4.78 is 8.79. The quantitative estimate of drug-likeness (QED) is 0.572. The first kappa shape index (κ1) is 18.7. The molecule has 2 nitrogen and oxygen atoms in total. The van der Waals surface area contributed by atoms with E-state index in [0.29, 0.717) is 0 Å². The van der Waals surface area contributed by atoms with Gasteiger partial charge in [0.1, 0.15) is 0 Å². The molecule has 3 aliphatic rings. The Labute approximate surface area is 165 Å². The van der Waals surface area contributed by atoms with Gasteiger partial charge in [-0.3, -0.25) is 0 Å². The van der Waals surface area contributed by atoms with Gasteiger partial charge in [0.2, 0.25) is 0 Å². The molecule has 0 radical (unpaired) electrons. The van der Waals surface area contributed by atoms with E-state index in [2.05, 4.69) is 0 Å².